The Labute approximate surface area is 126 Å². The van der Waals surface area contributed by atoms with Gasteiger partial charge in [-0.05, 0) is 34.0 Å². The van der Waals surface area contributed by atoms with Crippen LogP contribution in [0.5, 0.6) is 0 Å². The number of halogens is 2. The maximum atomic E-state index is 9.36. The molecule has 0 atom stereocenters. The molecule has 0 spiro atoms. The Hall–Kier alpha value is -1.56. The first-order valence-corrected chi connectivity index (χ1v) is 6.93. The standard InChI is InChI=1S/C16H11BrClN/c1-11-6-5-9-13(15(11)17)16(18)14(10-19)12-7-3-2-4-8-12/h2-9H,1H3/b16-14+. The molecule has 0 aliphatic heterocycles. The van der Waals surface area contributed by atoms with E-state index in [4.69, 9.17) is 11.6 Å². The smallest absolute Gasteiger partial charge is 0.101 e. The predicted molar refractivity (Wildman–Crippen MR) is 83.6 cm³/mol. The summed E-state index contributed by atoms with van der Waals surface area (Å²) in [7, 11) is 0. The average Bonchev–Trinajstić information content (AvgIpc) is 2.44. The Morgan fingerprint density at radius 1 is 1.11 bits per heavy atom. The van der Waals surface area contributed by atoms with Gasteiger partial charge in [0.2, 0.25) is 0 Å². The van der Waals surface area contributed by atoms with Crippen LogP contribution in [0.3, 0.4) is 0 Å². The molecule has 1 nitrogen and oxygen atoms in total. The molecule has 0 heterocycles. The fourth-order valence-corrected chi connectivity index (χ4v) is 2.68. The maximum Gasteiger partial charge on any atom is 0.101 e. The normalized spacial score (nSPS) is 11.7. The first-order chi connectivity index (χ1) is 9.15. The Bertz CT molecular complexity index is 669. The van der Waals surface area contributed by atoms with Gasteiger partial charge in [0, 0.05) is 10.0 Å². The van der Waals surface area contributed by atoms with Crippen LogP contribution >= 0.6 is 27.5 Å². The summed E-state index contributed by atoms with van der Waals surface area (Å²) in [5.74, 6) is 0. The number of nitriles is 1. The lowest BCUT2D eigenvalue weighted by atomic mass is 10.0. The van der Waals surface area contributed by atoms with Crippen molar-refractivity contribution in [1.29, 1.82) is 5.26 Å². The molecule has 19 heavy (non-hydrogen) atoms. The molecule has 0 fully saturated rings. The lowest BCUT2D eigenvalue weighted by Crippen LogP contribution is -1.89. The van der Waals surface area contributed by atoms with Crippen molar-refractivity contribution in [1.82, 2.24) is 0 Å². The van der Waals surface area contributed by atoms with Gasteiger partial charge in [0.25, 0.3) is 0 Å². The first-order valence-electron chi connectivity index (χ1n) is 5.76. The van der Waals surface area contributed by atoms with Crippen LogP contribution in [0.2, 0.25) is 0 Å². The second-order valence-electron chi connectivity index (χ2n) is 4.10. The Balaban J connectivity index is 2.63. The van der Waals surface area contributed by atoms with Gasteiger partial charge in [-0.3, -0.25) is 0 Å². The molecule has 0 saturated carbocycles. The minimum Gasteiger partial charge on any atom is -0.192 e. The van der Waals surface area contributed by atoms with E-state index in [1.807, 2.05) is 55.5 Å². The summed E-state index contributed by atoms with van der Waals surface area (Å²) in [6.07, 6.45) is 0. The third-order valence-electron chi connectivity index (χ3n) is 2.82. The zero-order valence-electron chi connectivity index (χ0n) is 10.3. The van der Waals surface area contributed by atoms with Gasteiger partial charge < -0.3 is 0 Å². The van der Waals surface area contributed by atoms with E-state index in [1.165, 1.54) is 0 Å². The maximum absolute atomic E-state index is 9.36. The molecule has 0 aliphatic carbocycles. The number of rotatable bonds is 2. The average molecular weight is 333 g/mol. The predicted octanol–water partition coefficient (Wildman–Crippen LogP) is 5.39. The molecular formula is C16H11BrClN. The highest BCUT2D eigenvalue weighted by Gasteiger charge is 2.12. The first kappa shape index (κ1) is 13.9. The van der Waals surface area contributed by atoms with E-state index in [-0.39, 0.29) is 0 Å². The highest BCUT2D eigenvalue weighted by atomic mass is 79.9. The molecule has 0 N–H and O–H groups in total. The zero-order chi connectivity index (χ0) is 13.8. The molecule has 2 aromatic carbocycles. The van der Waals surface area contributed by atoms with Crippen LogP contribution < -0.4 is 0 Å². The van der Waals surface area contributed by atoms with Crippen molar-refractivity contribution in [3.63, 3.8) is 0 Å². The lowest BCUT2D eigenvalue weighted by Gasteiger charge is -2.08. The largest absolute Gasteiger partial charge is 0.192 e. The van der Waals surface area contributed by atoms with Crippen LogP contribution in [-0.4, -0.2) is 0 Å². The summed E-state index contributed by atoms with van der Waals surface area (Å²) in [5.41, 5.74) is 3.22. The highest BCUT2D eigenvalue weighted by molar-refractivity contribution is 9.10. The fraction of sp³-hybridized carbons (Fsp3) is 0.0625. The lowest BCUT2D eigenvalue weighted by molar-refractivity contribution is 1.41. The molecule has 0 aromatic heterocycles. The van der Waals surface area contributed by atoms with Crippen LogP contribution in [0.4, 0.5) is 0 Å². The minimum atomic E-state index is 0.462. The third kappa shape index (κ3) is 2.89. The number of aryl methyl sites for hydroxylation is 1. The molecule has 94 valence electrons. The summed E-state index contributed by atoms with van der Waals surface area (Å²) in [4.78, 5) is 0. The Morgan fingerprint density at radius 3 is 2.42 bits per heavy atom. The van der Waals surface area contributed by atoms with Gasteiger partial charge in [-0.1, -0.05) is 60.1 Å². The van der Waals surface area contributed by atoms with Crippen LogP contribution in [0.25, 0.3) is 10.6 Å². The van der Waals surface area contributed by atoms with Crippen molar-refractivity contribution in [3.8, 4) is 6.07 Å². The molecule has 0 radical (unpaired) electrons. The van der Waals surface area contributed by atoms with Gasteiger partial charge in [0.15, 0.2) is 0 Å². The molecule has 0 aliphatic rings. The van der Waals surface area contributed by atoms with Gasteiger partial charge in [0.1, 0.15) is 6.07 Å². The third-order valence-corrected chi connectivity index (χ3v) is 4.27. The molecule has 0 unspecified atom stereocenters. The summed E-state index contributed by atoms with van der Waals surface area (Å²) in [5, 5.41) is 9.83. The van der Waals surface area contributed by atoms with Crippen molar-refractivity contribution in [3.05, 3.63) is 69.7 Å². The van der Waals surface area contributed by atoms with E-state index in [0.29, 0.717) is 10.6 Å². The molecule has 0 bridgehead atoms. The fourth-order valence-electron chi connectivity index (χ4n) is 1.80. The van der Waals surface area contributed by atoms with E-state index < -0.39 is 0 Å². The van der Waals surface area contributed by atoms with Gasteiger partial charge in [-0.15, -0.1) is 0 Å². The van der Waals surface area contributed by atoms with E-state index in [0.717, 1.165) is 21.2 Å². The van der Waals surface area contributed by atoms with E-state index in [9.17, 15) is 5.26 Å². The number of nitrogens with zero attached hydrogens (tertiary/aromatic N) is 1. The van der Waals surface area contributed by atoms with Crippen molar-refractivity contribution in [2.75, 3.05) is 0 Å². The number of benzene rings is 2. The second kappa shape index (κ2) is 6.06. The van der Waals surface area contributed by atoms with E-state index in [1.54, 1.807) is 0 Å². The van der Waals surface area contributed by atoms with E-state index in [2.05, 4.69) is 22.0 Å². The van der Waals surface area contributed by atoms with Gasteiger partial charge in [-0.2, -0.15) is 5.26 Å². The summed E-state index contributed by atoms with van der Waals surface area (Å²) in [6.45, 7) is 1.99. The van der Waals surface area contributed by atoms with Crippen molar-refractivity contribution < 1.29 is 0 Å². The number of hydrogen-bond donors (Lipinski definition) is 0. The Kier molecular flexibility index (Phi) is 4.42. The number of hydrogen-bond acceptors (Lipinski definition) is 1. The molecule has 0 amide bonds. The summed E-state index contributed by atoms with van der Waals surface area (Å²) < 4.78 is 0.920. The highest BCUT2D eigenvalue weighted by Crippen LogP contribution is 2.34. The molecule has 2 aromatic rings. The monoisotopic (exact) mass is 331 g/mol. The summed E-state index contributed by atoms with van der Waals surface area (Å²) in [6, 6.07) is 17.5. The quantitative estimate of drug-likeness (QED) is 0.534. The van der Waals surface area contributed by atoms with Gasteiger partial charge >= 0.3 is 0 Å². The minimum absolute atomic E-state index is 0.462. The molecule has 3 heteroatoms. The molecular weight excluding hydrogens is 322 g/mol. The molecule has 0 saturated heterocycles. The number of allylic oxidation sites excluding steroid dienone is 1. The van der Waals surface area contributed by atoms with Crippen LogP contribution in [0.1, 0.15) is 16.7 Å². The van der Waals surface area contributed by atoms with Crippen molar-refractivity contribution in [2.24, 2.45) is 0 Å². The molecule has 2 rings (SSSR count). The van der Waals surface area contributed by atoms with Crippen LogP contribution in [0, 0.1) is 18.3 Å². The van der Waals surface area contributed by atoms with Gasteiger partial charge in [0.05, 0.1) is 10.6 Å². The van der Waals surface area contributed by atoms with Gasteiger partial charge in [-0.25, -0.2) is 0 Å². The SMILES string of the molecule is Cc1cccc(/C(Cl)=C(/C#N)c2ccccc2)c1Br. The summed E-state index contributed by atoms with van der Waals surface area (Å²) >= 11 is 9.93. The topological polar surface area (TPSA) is 23.8 Å². The van der Waals surface area contributed by atoms with Crippen molar-refractivity contribution in [2.45, 2.75) is 6.92 Å². The van der Waals surface area contributed by atoms with Crippen LogP contribution in [0.15, 0.2) is 53.0 Å². The second-order valence-corrected chi connectivity index (χ2v) is 5.27. The van der Waals surface area contributed by atoms with Crippen LogP contribution in [-0.2, 0) is 0 Å². The Morgan fingerprint density at radius 2 is 1.79 bits per heavy atom. The van der Waals surface area contributed by atoms with Crippen molar-refractivity contribution >= 4 is 38.1 Å². The van der Waals surface area contributed by atoms with E-state index >= 15 is 0 Å². The zero-order valence-corrected chi connectivity index (χ0v) is 12.7.